The first-order valence-electron chi connectivity index (χ1n) is 6.76. The van der Waals surface area contributed by atoms with Crippen molar-refractivity contribution in [3.05, 3.63) is 22.2 Å². The number of piperidine rings is 1. The van der Waals surface area contributed by atoms with Crippen LogP contribution in [0.5, 0.6) is 11.5 Å². The van der Waals surface area contributed by atoms with E-state index in [9.17, 15) is 10.1 Å². The first kappa shape index (κ1) is 13.0. The molecule has 2 aliphatic heterocycles. The average molecular weight is 279 g/mol. The normalized spacial score (nSPS) is 18.0. The largest absolute Gasteiger partial charge is 0.454 e. The van der Waals surface area contributed by atoms with Crippen LogP contribution < -0.4 is 20.1 Å². The van der Waals surface area contributed by atoms with Crippen molar-refractivity contribution < 1.29 is 14.4 Å². The van der Waals surface area contributed by atoms with Gasteiger partial charge in [0.2, 0.25) is 6.79 Å². The van der Waals surface area contributed by atoms with E-state index in [2.05, 4.69) is 10.6 Å². The van der Waals surface area contributed by atoms with Crippen LogP contribution >= 0.6 is 0 Å². The minimum Gasteiger partial charge on any atom is -0.454 e. The molecule has 108 valence electrons. The van der Waals surface area contributed by atoms with Gasteiger partial charge in [0.15, 0.2) is 11.5 Å². The van der Waals surface area contributed by atoms with Crippen molar-refractivity contribution in [2.24, 2.45) is 5.92 Å². The smallest absolute Gasteiger partial charge is 0.296 e. The molecule has 0 atom stereocenters. The van der Waals surface area contributed by atoms with Crippen molar-refractivity contribution >= 4 is 11.4 Å². The van der Waals surface area contributed by atoms with Gasteiger partial charge in [0.25, 0.3) is 5.69 Å². The van der Waals surface area contributed by atoms with Crippen molar-refractivity contribution in [2.45, 2.75) is 12.8 Å². The molecular formula is C13H17N3O4. The number of benzene rings is 1. The highest BCUT2D eigenvalue weighted by Crippen LogP contribution is 2.40. The lowest BCUT2D eigenvalue weighted by atomic mass is 9.98. The van der Waals surface area contributed by atoms with Gasteiger partial charge in [-0.2, -0.15) is 0 Å². The van der Waals surface area contributed by atoms with Gasteiger partial charge in [-0.25, -0.2) is 0 Å². The SMILES string of the molecule is O=[N+]([O-])c1cc2c(cc1NCC1CCNCC1)OCO2. The first-order valence-corrected chi connectivity index (χ1v) is 6.76. The molecule has 2 N–H and O–H groups in total. The maximum Gasteiger partial charge on any atom is 0.296 e. The summed E-state index contributed by atoms with van der Waals surface area (Å²) in [5.74, 6) is 1.54. The summed E-state index contributed by atoms with van der Waals surface area (Å²) in [6, 6.07) is 3.08. The summed E-state index contributed by atoms with van der Waals surface area (Å²) in [6.45, 7) is 2.87. The summed E-state index contributed by atoms with van der Waals surface area (Å²) >= 11 is 0. The van der Waals surface area contributed by atoms with Gasteiger partial charge in [0.1, 0.15) is 5.69 Å². The first-order chi connectivity index (χ1) is 9.74. The Balaban J connectivity index is 1.75. The summed E-state index contributed by atoms with van der Waals surface area (Å²) in [5.41, 5.74) is 0.529. The molecule has 2 heterocycles. The monoisotopic (exact) mass is 279 g/mol. The molecular weight excluding hydrogens is 262 g/mol. The van der Waals surface area contributed by atoms with E-state index in [1.807, 2.05) is 0 Å². The Kier molecular flexibility index (Phi) is 3.60. The lowest BCUT2D eigenvalue weighted by molar-refractivity contribution is -0.384. The van der Waals surface area contributed by atoms with Gasteiger partial charge in [-0.15, -0.1) is 0 Å². The summed E-state index contributed by atoms with van der Waals surface area (Å²) in [4.78, 5) is 10.7. The standard InChI is InChI=1S/C13H17N3O4/c17-16(18)11-6-13-12(19-8-20-13)5-10(11)15-7-9-1-3-14-4-2-9/h5-6,9,14-15H,1-4,7-8H2. The number of hydrogen-bond acceptors (Lipinski definition) is 6. The van der Waals surface area contributed by atoms with Crippen LogP contribution in [0.4, 0.5) is 11.4 Å². The highest BCUT2D eigenvalue weighted by Gasteiger charge is 2.24. The zero-order valence-corrected chi connectivity index (χ0v) is 11.1. The van der Waals surface area contributed by atoms with Crippen LogP contribution in [0.15, 0.2) is 12.1 Å². The Morgan fingerprint density at radius 2 is 2.00 bits per heavy atom. The van der Waals surface area contributed by atoms with Crippen molar-refractivity contribution in [3.63, 3.8) is 0 Å². The van der Waals surface area contributed by atoms with Crippen LogP contribution in [0, 0.1) is 16.0 Å². The average Bonchev–Trinajstić information content (AvgIpc) is 2.92. The number of fused-ring (bicyclic) bond motifs is 1. The molecule has 0 aliphatic carbocycles. The molecule has 0 saturated carbocycles. The van der Waals surface area contributed by atoms with E-state index in [-0.39, 0.29) is 12.5 Å². The van der Waals surface area contributed by atoms with Crippen molar-refractivity contribution in [1.82, 2.24) is 5.32 Å². The van der Waals surface area contributed by atoms with Crippen LogP contribution in [-0.4, -0.2) is 31.4 Å². The lowest BCUT2D eigenvalue weighted by Gasteiger charge is -2.23. The van der Waals surface area contributed by atoms with Crippen molar-refractivity contribution in [2.75, 3.05) is 31.7 Å². The van der Waals surface area contributed by atoms with Crippen LogP contribution in [0.2, 0.25) is 0 Å². The van der Waals surface area contributed by atoms with Gasteiger partial charge >= 0.3 is 0 Å². The van der Waals surface area contributed by atoms with Gasteiger partial charge < -0.3 is 20.1 Å². The Hall–Kier alpha value is -2.02. The zero-order chi connectivity index (χ0) is 13.9. The molecule has 0 radical (unpaired) electrons. The third-order valence-electron chi connectivity index (χ3n) is 3.73. The maximum absolute atomic E-state index is 11.1. The van der Waals surface area contributed by atoms with E-state index in [4.69, 9.17) is 9.47 Å². The third kappa shape index (κ3) is 2.62. The summed E-state index contributed by atoms with van der Waals surface area (Å²) < 4.78 is 10.4. The van der Waals surface area contributed by atoms with E-state index in [0.29, 0.717) is 23.1 Å². The van der Waals surface area contributed by atoms with E-state index in [1.165, 1.54) is 6.07 Å². The summed E-state index contributed by atoms with van der Waals surface area (Å²) in [5, 5.41) is 17.6. The van der Waals surface area contributed by atoms with Crippen molar-refractivity contribution in [3.8, 4) is 11.5 Å². The van der Waals surface area contributed by atoms with Gasteiger partial charge in [-0.05, 0) is 31.8 Å². The number of nitrogens with zero attached hydrogens (tertiary/aromatic N) is 1. The fourth-order valence-electron chi connectivity index (χ4n) is 2.56. The predicted octanol–water partition coefficient (Wildman–Crippen LogP) is 1.73. The van der Waals surface area contributed by atoms with Crippen LogP contribution in [0.25, 0.3) is 0 Å². The highest BCUT2D eigenvalue weighted by atomic mass is 16.7. The molecule has 20 heavy (non-hydrogen) atoms. The molecule has 1 aromatic rings. The topological polar surface area (TPSA) is 85.7 Å². The molecule has 0 bridgehead atoms. The number of nitrogens with one attached hydrogen (secondary N) is 2. The van der Waals surface area contributed by atoms with Gasteiger partial charge in [0, 0.05) is 12.6 Å². The highest BCUT2D eigenvalue weighted by molar-refractivity contribution is 5.68. The summed E-state index contributed by atoms with van der Waals surface area (Å²) in [7, 11) is 0. The second-order valence-electron chi connectivity index (χ2n) is 5.05. The molecule has 1 aromatic carbocycles. The number of nitro groups is 1. The number of ether oxygens (including phenoxy) is 2. The number of hydrogen-bond donors (Lipinski definition) is 2. The molecule has 1 fully saturated rings. The van der Waals surface area contributed by atoms with E-state index < -0.39 is 4.92 Å². The number of rotatable bonds is 4. The summed E-state index contributed by atoms with van der Waals surface area (Å²) in [6.07, 6.45) is 2.18. The molecule has 2 aliphatic rings. The Labute approximate surface area is 116 Å². The van der Waals surface area contributed by atoms with E-state index in [0.717, 1.165) is 32.5 Å². The Morgan fingerprint density at radius 3 is 2.70 bits per heavy atom. The van der Waals surface area contributed by atoms with Gasteiger partial charge in [-0.3, -0.25) is 10.1 Å². The second-order valence-corrected chi connectivity index (χ2v) is 5.05. The molecule has 1 saturated heterocycles. The zero-order valence-electron chi connectivity index (χ0n) is 11.1. The minimum atomic E-state index is -0.396. The molecule has 0 aromatic heterocycles. The maximum atomic E-state index is 11.1. The number of anilines is 1. The number of nitro benzene ring substituents is 1. The molecule has 0 amide bonds. The van der Waals surface area contributed by atoms with Crippen molar-refractivity contribution in [1.29, 1.82) is 0 Å². The predicted molar refractivity (Wildman–Crippen MR) is 73.3 cm³/mol. The van der Waals surface area contributed by atoms with Crippen LogP contribution in [0.1, 0.15) is 12.8 Å². The fourth-order valence-corrected chi connectivity index (χ4v) is 2.56. The molecule has 7 nitrogen and oxygen atoms in total. The third-order valence-corrected chi connectivity index (χ3v) is 3.73. The second kappa shape index (κ2) is 5.54. The fraction of sp³-hybridized carbons (Fsp3) is 0.538. The Bertz CT molecular complexity index is 515. The minimum absolute atomic E-state index is 0.0307. The quantitative estimate of drug-likeness (QED) is 0.645. The van der Waals surface area contributed by atoms with Crippen LogP contribution in [-0.2, 0) is 0 Å². The van der Waals surface area contributed by atoms with Crippen LogP contribution in [0.3, 0.4) is 0 Å². The molecule has 3 rings (SSSR count). The Morgan fingerprint density at radius 1 is 1.30 bits per heavy atom. The molecule has 7 heteroatoms. The van der Waals surface area contributed by atoms with Gasteiger partial charge in [-0.1, -0.05) is 0 Å². The molecule has 0 spiro atoms. The van der Waals surface area contributed by atoms with E-state index >= 15 is 0 Å². The lowest BCUT2D eigenvalue weighted by Crippen LogP contribution is -2.31. The van der Waals surface area contributed by atoms with E-state index in [1.54, 1.807) is 6.07 Å². The molecule has 0 unspecified atom stereocenters. The van der Waals surface area contributed by atoms with Gasteiger partial charge in [0.05, 0.1) is 11.0 Å².